The van der Waals surface area contributed by atoms with E-state index in [1.54, 1.807) is 18.3 Å². The SMILES string of the molecule is Cc1ccc(S(=O)(=O)NC2CCc3c(cnc4[nH]ncc34)C2)cc1. The average Bonchev–Trinajstić information content (AvgIpc) is 3.03. The maximum Gasteiger partial charge on any atom is 0.240 e. The highest BCUT2D eigenvalue weighted by molar-refractivity contribution is 7.89. The van der Waals surface area contributed by atoms with Gasteiger partial charge in [-0.25, -0.2) is 18.1 Å². The molecule has 0 saturated carbocycles. The average molecular weight is 342 g/mol. The Balaban J connectivity index is 1.57. The van der Waals surface area contributed by atoms with Crippen molar-refractivity contribution < 1.29 is 8.42 Å². The number of pyridine rings is 1. The number of hydrogen-bond acceptors (Lipinski definition) is 4. The van der Waals surface area contributed by atoms with Crippen LogP contribution in [0.1, 0.15) is 23.1 Å². The van der Waals surface area contributed by atoms with E-state index in [4.69, 9.17) is 0 Å². The second-order valence-corrected chi connectivity index (χ2v) is 7.98. The Morgan fingerprint density at radius 3 is 2.79 bits per heavy atom. The maximum absolute atomic E-state index is 12.6. The van der Waals surface area contributed by atoms with Crippen molar-refractivity contribution in [3.8, 4) is 0 Å². The summed E-state index contributed by atoms with van der Waals surface area (Å²) in [5.41, 5.74) is 4.13. The minimum Gasteiger partial charge on any atom is -0.261 e. The van der Waals surface area contributed by atoms with Crippen LogP contribution in [-0.2, 0) is 22.9 Å². The molecule has 24 heavy (non-hydrogen) atoms. The van der Waals surface area contributed by atoms with Crippen LogP contribution >= 0.6 is 0 Å². The van der Waals surface area contributed by atoms with Gasteiger partial charge in [-0.2, -0.15) is 5.10 Å². The molecule has 1 aromatic carbocycles. The van der Waals surface area contributed by atoms with E-state index in [2.05, 4.69) is 19.9 Å². The number of sulfonamides is 1. The van der Waals surface area contributed by atoms with Gasteiger partial charge in [0.25, 0.3) is 0 Å². The van der Waals surface area contributed by atoms with E-state index >= 15 is 0 Å². The van der Waals surface area contributed by atoms with Gasteiger partial charge < -0.3 is 0 Å². The Morgan fingerprint density at radius 2 is 2.00 bits per heavy atom. The molecule has 0 amide bonds. The largest absolute Gasteiger partial charge is 0.261 e. The molecule has 1 aliphatic rings. The molecule has 2 aromatic heterocycles. The summed E-state index contributed by atoms with van der Waals surface area (Å²) in [5.74, 6) is 0. The molecule has 0 fully saturated rings. The molecule has 1 unspecified atom stereocenters. The standard InChI is InChI=1S/C17H18N4O2S/c1-11-2-5-14(6-3-11)24(22,23)21-13-4-7-15-12(8-13)9-18-17-16(15)10-19-20-17/h2-3,5-6,9-10,13,21H,4,7-8H2,1H3,(H,18,19,20). The summed E-state index contributed by atoms with van der Waals surface area (Å²) in [5, 5.41) is 7.94. The van der Waals surface area contributed by atoms with Crippen molar-refractivity contribution >= 4 is 21.1 Å². The lowest BCUT2D eigenvalue weighted by Crippen LogP contribution is -2.38. The fourth-order valence-electron chi connectivity index (χ4n) is 3.25. The zero-order valence-electron chi connectivity index (χ0n) is 13.3. The summed E-state index contributed by atoms with van der Waals surface area (Å²) in [6, 6.07) is 6.79. The lowest BCUT2D eigenvalue weighted by molar-refractivity contribution is 0.508. The van der Waals surface area contributed by atoms with E-state index in [-0.39, 0.29) is 6.04 Å². The van der Waals surface area contributed by atoms with Crippen LogP contribution in [0.2, 0.25) is 0 Å². The van der Waals surface area contributed by atoms with Gasteiger partial charge in [0.05, 0.1) is 11.1 Å². The first-order chi connectivity index (χ1) is 11.5. The molecule has 1 aliphatic carbocycles. The van der Waals surface area contributed by atoms with Gasteiger partial charge in [0.2, 0.25) is 10.0 Å². The molecule has 2 heterocycles. The van der Waals surface area contributed by atoms with Crippen molar-refractivity contribution in [1.82, 2.24) is 19.9 Å². The van der Waals surface area contributed by atoms with Gasteiger partial charge in [0, 0.05) is 17.6 Å². The third-order valence-corrected chi connectivity index (χ3v) is 6.08. The van der Waals surface area contributed by atoms with Crippen LogP contribution in [-0.4, -0.2) is 29.6 Å². The zero-order chi connectivity index (χ0) is 16.7. The van der Waals surface area contributed by atoms with Gasteiger partial charge >= 0.3 is 0 Å². The van der Waals surface area contributed by atoms with Crippen LogP contribution in [0.25, 0.3) is 11.0 Å². The van der Waals surface area contributed by atoms with E-state index in [1.807, 2.05) is 25.3 Å². The fourth-order valence-corrected chi connectivity index (χ4v) is 4.53. The van der Waals surface area contributed by atoms with E-state index < -0.39 is 10.0 Å². The number of aromatic nitrogens is 3. The summed E-state index contributed by atoms with van der Waals surface area (Å²) in [7, 11) is -3.50. The Labute approximate surface area is 140 Å². The summed E-state index contributed by atoms with van der Waals surface area (Å²) in [6.45, 7) is 1.94. The zero-order valence-corrected chi connectivity index (χ0v) is 14.1. The first-order valence-electron chi connectivity index (χ1n) is 7.92. The normalized spacial score (nSPS) is 17.8. The summed E-state index contributed by atoms with van der Waals surface area (Å²) >= 11 is 0. The molecule has 124 valence electrons. The molecule has 3 aromatic rings. The van der Waals surface area contributed by atoms with Crippen molar-refractivity contribution in [3.63, 3.8) is 0 Å². The predicted octanol–water partition coefficient (Wildman–Crippen LogP) is 2.10. The number of rotatable bonds is 3. The van der Waals surface area contributed by atoms with E-state index in [9.17, 15) is 8.42 Å². The van der Waals surface area contributed by atoms with Gasteiger partial charge in [-0.05, 0) is 49.4 Å². The molecule has 0 aliphatic heterocycles. The lowest BCUT2D eigenvalue weighted by Gasteiger charge is -2.25. The predicted molar refractivity (Wildman–Crippen MR) is 91.2 cm³/mol. The fraction of sp³-hybridized carbons (Fsp3) is 0.294. The minimum absolute atomic E-state index is 0.116. The Bertz CT molecular complexity index is 993. The number of nitrogens with one attached hydrogen (secondary N) is 2. The maximum atomic E-state index is 12.6. The second-order valence-electron chi connectivity index (χ2n) is 6.27. The molecule has 0 radical (unpaired) electrons. The molecule has 6 nitrogen and oxygen atoms in total. The van der Waals surface area contributed by atoms with Crippen molar-refractivity contribution in [2.24, 2.45) is 0 Å². The number of benzene rings is 1. The van der Waals surface area contributed by atoms with Crippen molar-refractivity contribution in [1.29, 1.82) is 0 Å². The highest BCUT2D eigenvalue weighted by atomic mass is 32.2. The smallest absolute Gasteiger partial charge is 0.240 e. The number of fused-ring (bicyclic) bond motifs is 3. The molecule has 0 bridgehead atoms. The molecule has 2 N–H and O–H groups in total. The molecule has 0 saturated heterocycles. The van der Waals surface area contributed by atoms with Crippen LogP contribution in [0.15, 0.2) is 41.6 Å². The Morgan fingerprint density at radius 1 is 1.21 bits per heavy atom. The van der Waals surface area contributed by atoms with E-state index in [0.717, 1.165) is 35.0 Å². The van der Waals surface area contributed by atoms with Gasteiger partial charge in [-0.3, -0.25) is 5.10 Å². The molecular formula is C17H18N4O2S. The van der Waals surface area contributed by atoms with Crippen LogP contribution < -0.4 is 4.72 Å². The lowest BCUT2D eigenvalue weighted by atomic mass is 9.88. The first kappa shape index (κ1) is 15.3. The monoisotopic (exact) mass is 342 g/mol. The number of aromatic amines is 1. The Hall–Kier alpha value is -2.25. The first-order valence-corrected chi connectivity index (χ1v) is 9.40. The van der Waals surface area contributed by atoms with Crippen molar-refractivity contribution in [2.45, 2.75) is 37.1 Å². The van der Waals surface area contributed by atoms with E-state index in [1.165, 1.54) is 5.56 Å². The number of aryl methyl sites for hydroxylation is 2. The molecular weight excluding hydrogens is 324 g/mol. The second kappa shape index (κ2) is 5.68. The minimum atomic E-state index is -3.50. The molecule has 0 spiro atoms. The van der Waals surface area contributed by atoms with Gasteiger partial charge in [0.1, 0.15) is 0 Å². The Kier molecular flexibility index (Phi) is 3.62. The van der Waals surface area contributed by atoms with Crippen molar-refractivity contribution in [2.75, 3.05) is 0 Å². The molecule has 1 atom stereocenters. The van der Waals surface area contributed by atoms with Crippen LogP contribution in [0, 0.1) is 6.92 Å². The summed E-state index contributed by atoms with van der Waals surface area (Å²) in [6.07, 6.45) is 5.84. The quantitative estimate of drug-likeness (QED) is 0.763. The van der Waals surface area contributed by atoms with Gasteiger partial charge in [-0.15, -0.1) is 0 Å². The third kappa shape index (κ3) is 2.70. The molecule has 7 heteroatoms. The van der Waals surface area contributed by atoms with Crippen LogP contribution in [0.4, 0.5) is 0 Å². The topological polar surface area (TPSA) is 87.7 Å². The van der Waals surface area contributed by atoms with Gasteiger partial charge in [0.15, 0.2) is 5.65 Å². The highest BCUT2D eigenvalue weighted by Gasteiger charge is 2.26. The number of H-pyrrole nitrogens is 1. The number of nitrogens with zero attached hydrogens (tertiary/aromatic N) is 2. The van der Waals surface area contributed by atoms with Crippen molar-refractivity contribution in [3.05, 3.63) is 53.3 Å². The summed E-state index contributed by atoms with van der Waals surface area (Å²) < 4.78 is 27.9. The molecule has 4 rings (SSSR count). The van der Waals surface area contributed by atoms with Crippen LogP contribution in [0.5, 0.6) is 0 Å². The van der Waals surface area contributed by atoms with Gasteiger partial charge in [-0.1, -0.05) is 17.7 Å². The third-order valence-electron chi connectivity index (χ3n) is 4.54. The van der Waals surface area contributed by atoms with Crippen LogP contribution in [0.3, 0.4) is 0 Å². The summed E-state index contributed by atoms with van der Waals surface area (Å²) in [4.78, 5) is 4.67. The van der Waals surface area contributed by atoms with E-state index in [0.29, 0.717) is 11.3 Å². The number of hydrogen-bond donors (Lipinski definition) is 2. The highest BCUT2D eigenvalue weighted by Crippen LogP contribution is 2.27.